The van der Waals surface area contributed by atoms with Crippen molar-refractivity contribution in [3.63, 3.8) is 0 Å². The van der Waals surface area contributed by atoms with Crippen LogP contribution in [-0.4, -0.2) is 45.4 Å². The molecule has 0 saturated carbocycles. The van der Waals surface area contributed by atoms with E-state index in [4.69, 9.17) is 51.1 Å². The van der Waals surface area contributed by atoms with Crippen LogP contribution in [-0.2, 0) is 12.6 Å². The number of imidazole rings is 2. The van der Waals surface area contributed by atoms with E-state index in [0.29, 0.717) is 50.8 Å². The first-order chi connectivity index (χ1) is 38.4. The van der Waals surface area contributed by atoms with Gasteiger partial charge >= 0.3 is 57.6 Å². The van der Waals surface area contributed by atoms with Crippen molar-refractivity contribution in [2.75, 3.05) is 11.1 Å². The van der Waals surface area contributed by atoms with Gasteiger partial charge < -0.3 is 16.2 Å². The Morgan fingerprint density at radius 3 is 1.49 bits per heavy atom. The number of nitrogen functional groups attached to an aromatic ring is 1. The molecule has 11 rings (SSSR count). The Kier molecular flexibility index (Phi) is 23.9. The molecule has 3 N–H and O–H groups in total. The maximum Gasteiger partial charge on any atom is 1.00 e. The third-order valence-corrected chi connectivity index (χ3v) is 11.5. The molecule has 6 heterocycles. The fourth-order valence-corrected chi connectivity index (χ4v) is 8.23. The summed E-state index contributed by atoms with van der Waals surface area (Å²) < 4.78 is 41.9. The predicted molar refractivity (Wildman–Crippen MR) is 314 cm³/mol. The molecule has 0 radical (unpaired) electrons. The zero-order valence-electron chi connectivity index (χ0n) is 45.9. The van der Waals surface area contributed by atoms with Gasteiger partial charge in [0.1, 0.15) is 44.6 Å². The van der Waals surface area contributed by atoms with Gasteiger partial charge in [-0.3, -0.25) is 14.1 Å². The standard InChI is InChI=1S/C21H14F3N5.C14H9ClN4.C9H9N.C7H9N.C6H2Cl2N2.C4H9O.K/c1-13-26-17-4-2-3-5-18(17)29(13)20-11-14(12-25)10-19(28-20)27-16-8-6-15(7-9-16)21(22,23)24;1-9-17-11-4-2-3-5-12(11)19(9)14-7-10(8-16)6-13(15)18-14;1-7-6-8-4-2-3-5-9(8)10-7;1-6-2-4-7(8)5-3-6;7-5-1-4(3-9)2-6(8)10-5;1-4(2,3)5;/h2-11H,1H3,(H,27,28);2-7H,1H3;2-5H,6H2,1H3;2-5H,8H2,1H3;1-2H;1-3H3;/q;;;;;-1;+1. The summed E-state index contributed by atoms with van der Waals surface area (Å²) in [4.78, 5) is 25.8. The Balaban J connectivity index is 0.000000199. The van der Waals surface area contributed by atoms with Crippen molar-refractivity contribution in [3.8, 4) is 29.8 Å². The van der Waals surface area contributed by atoms with E-state index in [1.165, 1.54) is 47.2 Å². The van der Waals surface area contributed by atoms with Crippen LogP contribution in [0.3, 0.4) is 0 Å². The summed E-state index contributed by atoms with van der Waals surface area (Å²) in [6.45, 7) is 12.7. The van der Waals surface area contributed by atoms with Gasteiger partial charge in [0, 0.05) is 23.5 Å². The molecule has 0 saturated heterocycles. The number of nitriles is 3. The number of aryl methyl sites for hydroxylation is 3. The molecule has 0 amide bonds. The fourth-order valence-electron chi connectivity index (χ4n) is 7.57. The van der Waals surface area contributed by atoms with Crippen LogP contribution in [0.1, 0.15) is 72.7 Å². The number of halogens is 6. The molecule has 82 heavy (non-hydrogen) atoms. The minimum atomic E-state index is -4.40. The molecule has 410 valence electrons. The first kappa shape index (κ1) is 65.3. The van der Waals surface area contributed by atoms with Gasteiger partial charge in [-0.05, 0) is 136 Å². The zero-order valence-corrected chi connectivity index (χ0v) is 51.3. The molecule has 14 nitrogen and oxygen atoms in total. The Morgan fingerprint density at radius 2 is 1.01 bits per heavy atom. The summed E-state index contributed by atoms with van der Waals surface area (Å²) >= 11 is 16.9. The van der Waals surface area contributed by atoms with E-state index in [-0.39, 0.29) is 61.7 Å². The number of anilines is 3. The van der Waals surface area contributed by atoms with Gasteiger partial charge in [0.2, 0.25) is 0 Å². The van der Waals surface area contributed by atoms with Crippen LogP contribution < -0.4 is 67.5 Å². The molecule has 0 spiro atoms. The largest absolute Gasteiger partial charge is 1.00 e. The summed E-state index contributed by atoms with van der Waals surface area (Å²) in [5.41, 5.74) is 14.9. The van der Waals surface area contributed by atoms with Crippen molar-refractivity contribution in [1.29, 1.82) is 15.8 Å². The number of rotatable bonds is 4. The molecule has 0 fully saturated rings. The van der Waals surface area contributed by atoms with Crippen molar-refractivity contribution >= 4 is 85.5 Å². The van der Waals surface area contributed by atoms with E-state index in [1.807, 2.05) is 115 Å². The minimum absolute atomic E-state index is 0. The number of hydrogen-bond acceptors (Lipinski definition) is 12. The normalized spacial score (nSPS) is 11.0. The van der Waals surface area contributed by atoms with Gasteiger partial charge in [0.15, 0.2) is 0 Å². The second-order valence-corrected chi connectivity index (χ2v) is 20.0. The number of alkyl halides is 3. The van der Waals surface area contributed by atoms with Gasteiger partial charge in [-0.2, -0.15) is 29.0 Å². The van der Waals surface area contributed by atoms with E-state index >= 15 is 0 Å². The van der Waals surface area contributed by atoms with E-state index in [9.17, 15) is 23.5 Å². The molecule has 0 aliphatic carbocycles. The maximum atomic E-state index is 12.7. The summed E-state index contributed by atoms with van der Waals surface area (Å²) in [6.07, 6.45) is -3.36. The van der Waals surface area contributed by atoms with Crippen LogP contribution >= 0.6 is 34.8 Å². The molecule has 10 aromatic rings. The topological polar surface area (TPSA) is 219 Å². The Morgan fingerprint density at radius 1 is 0.573 bits per heavy atom. The third kappa shape index (κ3) is 19.6. The first-order valence-corrected chi connectivity index (χ1v) is 25.8. The van der Waals surface area contributed by atoms with Crippen LogP contribution in [0, 0.1) is 54.8 Å². The van der Waals surface area contributed by atoms with E-state index in [2.05, 4.69) is 72.5 Å². The van der Waals surface area contributed by atoms with E-state index < -0.39 is 17.3 Å². The maximum absolute atomic E-state index is 12.7. The number of aliphatic imine (C=N–C) groups is 1. The van der Waals surface area contributed by atoms with Gasteiger partial charge in [-0.15, -0.1) is 5.60 Å². The summed E-state index contributed by atoms with van der Waals surface area (Å²) in [5, 5.41) is 40.6. The third-order valence-electron chi connectivity index (χ3n) is 11.0. The fraction of sp³-hybridized carbons (Fsp3) is 0.164. The summed E-state index contributed by atoms with van der Waals surface area (Å²) in [5.74, 6) is 2.95. The number of benzene rings is 5. The molecule has 1 aliphatic heterocycles. The monoisotopic (exact) mass is 1180 g/mol. The summed E-state index contributed by atoms with van der Waals surface area (Å²) in [7, 11) is 0. The Hall–Kier alpha value is -7.51. The van der Waals surface area contributed by atoms with Crippen LogP contribution in [0.15, 0.2) is 163 Å². The number of para-hydroxylation sites is 5. The molecule has 21 heteroatoms. The van der Waals surface area contributed by atoms with Gasteiger partial charge in [-0.25, -0.2) is 24.9 Å². The number of nitrogens with zero attached hydrogens (tertiary/aromatic N) is 11. The van der Waals surface area contributed by atoms with Crippen molar-refractivity contribution < 1.29 is 69.7 Å². The molecule has 0 unspecified atom stereocenters. The van der Waals surface area contributed by atoms with Crippen molar-refractivity contribution in [2.45, 2.75) is 66.7 Å². The summed E-state index contributed by atoms with van der Waals surface area (Å²) in [6, 6.07) is 51.4. The number of aromatic nitrogens is 7. The van der Waals surface area contributed by atoms with Gasteiger partial charge in [0.25, 0.3) is 0 Å². The zero-order chi connectivity index (χ0) is 59.0. The number of pyridine rings is 3. The Labute approximate surface area is 530 Å². The van der Waals surface area contributed by atoms with Crippen molar-refractivity contribution in [2.24, 2.45) is 4.99 Å². The van der Waals surface area contributed by atoms with Crippen LogP contribution in [0.25, 0.3) is 33.7 Å². The van der Waals surface area contributed by atoms with E-state index in [1.54, 1.807) is 39.0 Å². The Bertz CT molecular complexity index is 3920. The number of nitrogens with one attached hydrogen (secondary N) is 1. The predicted octanol–water partition coefficient (Wildman–Crippen LogP) is 11.9. The van der Waals surface area contributed by atoms with Crippen molar-refractivity contribution in [3.05, 3.63) is 218 Å². The molecule has 5 aromatic carbocycles. The average Bonchev–Trinajstić information content (AvgIpc) is 4.32. The number of fused-ring (bicyclic) bond motifs is 3. The number of hydrogen-bond donors (Lipinski definition) is 2. The van der Waals surface area contributed by atoms with Crippen LogP contribution in [0.5, 0.6) is 0 Å². The second-order valence-electron chi connectivity index (χ2n) is 18.8. The molecule has 1 aliphatic rings. The minimum Gasteiger partial charge on any atom is -0.850 e. The second kappa shape index (κ2) is 30.0. The molecule has 0 atom stereocenters. The molecular formula is C61H52Cl3F3KN13O. The van der Waals surface area contributed by atoms with Crippen molar-refractivity contribution in [1.82, 2.24) is 34.1 Å². The van der Waals surface area contributed by atoms with Gasteiger partial charge in [0.05, 0.1) is 68.2 Å². The van der Waals surface area contributed by atoms with Crippen LogP contribution in [0.2, 0.25) is 15.5 Å². The molecule has 0 bridgehead atoms. The first-order valence-electron chi connectivity index (χ1n) is 24.6. The molecular weight excluding hydrogens is 1130 g/mol. The SMILES string of the molecule is CC(C)(C)[O-].CC1=Nc2ccccc2C1.Cc1ccc(N)cc1.Cc1nc2ccccc2n1-c1cc(C#N)cc(Cl)n1.Cc1nc2ccccc2n1-c1cc(C#N)cc(Nc2ccc(C(F)(F)F)cc2)n1.N#Cc1cc(Cl)nc(Cl)c1.[K+]. The average molecular weight is 1190 g/mol. The van der Waals surface area contributed by atoms with E-state index in [0.717, 1.165) is 57.8 Å². The molecule has 5 aromatic heterocycles. The smallest absolute Gasteiger partial charge is 0.850 e. The van der Waals surface area contributed by atoms with Gasteiger partial charge in [-0.1, -0.05) is 116 Å². The quantitative estimate of drug-likeness (QED) is 0.0959. The number of nitrogens with two attached hydrogens (primary N) is 1. The van der Waals surface area contributed by atoms with Crippen LogP contribution in [0.4, 0.5) is 36.1 Å².